The number of nitrogens with one attached hydrogen (secondary N) is 1. The summed E-state index contributed by atoms with van der Waals surface area (Å²) in [6.07, 6.45) is 6.13. The molecule has 2 fully saturated rings. The Hall–Kier alpha value is -4.61. The second kappa shape index (κ2) is 12.3. The van der Waals surface area contributed by atoms with Crippen LogP contribution in [0.1, 0.15) is 61.3 Å². The predicted octanol–water partition coefficient (Wildman–Crippen LogP) is 5.76. The molecule has 1 N–H and O–H groups in total. The summed E-state index contributed by atoms with van der Waals surface area (Å²) in [7, 11) is 0. The number of amides is 2. The van der Waals surface area contributed by atoms with Crippen molar-refractivity contribution in [3.05, 3.63) is 88.1 Å². The zero-order chi connectivity index (χ0) is 31.8. The molecule has 1 spiro atoms. The van der Waals surface area contributed by atoms with Gasteiger partial charge in [0.05, 0.1) is 22.7 Å². The summed E-state index contributed by atoms with van der Waals surface area (Å²) in [4.78, 5) is 54.3. The average Bonchev–Trinajstić information content (AvgIpc) is 3.42. The van der Waals surface area contributed by atoms with Gasteiger partial charge in [-0.2, -0.15) is 0 Å². The molecule has 0 bridgehead atoms. The largest absolute Gasteiger partial charge is 0.462 e. The lowest BCUT2D eigenvalue weighted by Gasteiger charge is -2.53. The number of pyridine rings is 2. The van der Waals surface area contributed by atoms with Crippen LogP contribution in [0, 0.1) is 12.3 Å². The molecule has 46 heavy (non-hydrogen) atoms. The lowest BCUT2D eigenvalue weighted by atomic mass is 9.73. The first-order valence-corrected chi connectivity index (χ1v) is 16.4. The van der Waals surface area contributed by atoms with Crippen LogP contribution >= 0.6 is 11.3 Å². The van der Waals surface area contributed by atoms with Gasteiger partial charge in [0.1, 0.15) is 16.4 Å². The van der Waals surface area contributed by atoms with Gasteiger partial charge in [0.2, 0.25) is 0 Å². The highest BCUT2D eigenvalue weighted by molar-refractivity contribution is 7.17. The topological polar surface area (TPSA) is 114 Å². The number of aryl methyl sites for hydroxylation is 1. The Morgan fingerprint density at radius 3 is 2.61 bits per heavy atom. The van der Waals surface area contributed by atoms with Crippen LogP contribution in [0.15, 0.2) is 60.9 Å². The lowest BCUT2D eigenvalue weighted by Crippen LogP contribution is -2.59. The van der Waals surface area contributed by atoms with E-state index in [4.69, 9.17) is 9.47 Å². The van der Waals surface area contributed by atoms with Gasteiger partial charge < -0.3 is 24.6 Å². The van der Waals surface area contributed by atoms with Crippen LogP contribution in [0.4, 0.5) is 17.2 Å². The van der Waals surface area contributed by atoms with E-state index in [0.717, 1.165) is 55.1 Å². The zero-order valence-corrected chi connectivity index (χ0v) is 26.7. The van der Waals surface area contributed by atoms with Crippen LogP contribution in [0.3, 0.4) is 0 Å². The highest BCUT2D eigenvalue weighted by atomic mass is 32.1. The van der Waals surface area contributed by atoms with E-state index in [2.05, 4.69) is 20.2 Å². The third kappa shape index (κ3) is 5.65. The second-order valence-corrected chi connectivity index (χ2v) is 13.2. The van der Waals surface area contributed by atoms with Crippen LogP contribution in [0.5, 0.6) is 0 Å². The molecule has 3 aliphatic heterocycles. The van der Waals surface area contributed by atoms with Crippen molar-refractivity contribution in [1.29, 1.82) is 0 Å². The number of anilines is 3. The van der Waals surface area contributed by atoms with Gasteiger partial charge >= 0.3 is 5.97 Å². The maximum atomic E-state index is 13.8. The van der Waals surface area contributed by atoms with E-state index in [1.807, 2.05) is 25.1 Å². The van der Waals surface area contributed by atoms with Crippen LogP contribution < -0.4 is 15.1 Å². The van der Waals surface area contributed by atoms with E-state index in [9.17, 15) is 14.4 Å². The summed E-state index contributed by atoms with van der Waals surface area (Å²) >= 11 is 1.34. The summed E-state index contributed by atoms with van der Waals surface area (Å²) in [5.41, 5.74) is 5.10. The third-order valence-electron chi connectivity index (χ3n) is 8.97. The molecule has 2 saturated heterocycles. The van der Waals surface area contributed by atoms with Crippen LogP contribution in [-0.2, 0) is 15.9 Å². The van der Waals surface area contributed by atoms with Crippen LogP contribution in [0.2, 0.25) is 0 Å². The molecule has 0 radical (unpaired) electrons. The fourth-order valence-electron chi connectivity index (χ4n) is 6.54. The molecule has 0 atom stereocenters. The molecular weight excluding hydrogens is 602 g/mol. The van der Waals surface area contributed by atoms with Gasteiger partial charge in [-0.3, -0.25) is 14.6 Å². The molecular formula is C35H35N5O5S. The first-order chi connectivity index (χ1) is 22.3. The number of hydrogen-bond acceptors (Lipinski definition) is 9. The van der Waals surface area contributed by atoms with E-state index in [-0.39, 0.29) is 23.2 Å². The van der Waals surface area contributed by atoms with Crippen molar-refractivity contribution in [2.24, 2.45) is 5.41 Å². The minimum atomic E-state index is -0.350. The minimum Gasteiger partial charge on any atom is -0.462 e. The van der Waals surface area contributed by atoms with Crippen molar-refractivity contribution in [3.63, 3.8) is 0 Å². The summed E-state index contributed by atoms with van der Waals surface area (Å²) in [6.45, 7) is 7.77. The SMILES string of the molecule is CCOC(=O)c1cc2c(s1)-c1ncccc1N(C(=O)c1ccc(NC(=O)c3cc(C)cnc3N3CC4(CCOCC4)C3)cc1)CC2. The van der Waals surface area contributed by atoms with Gasteiger partial charge in [-0.05, 0) is 92.8 Å². The fraction of sp³-hybridized carbons (Fsp3) is 0.343. The third-order valence-corrected chi connectivity index (χ3v) is 10.1. The molecule has 3 aliphatic rings. The van der Waals surface area contributed by atoms with E-state index in [0.29, 0.717) is 58.5 Å². The molecule has 0 saturated carbocycles. The molecule has 4 aromatic rings. The van der Waals surface area contributed by atoms with Gasteiger partial charge in [0, 0.05) is 61.9 Å². The highest BCUT2D eigenvalue weighted by Crippen LogP contribution is 2.43. The highest BCUT2D eigenvalue weighted by Gasteiger charge is 2.45. The van der Waals surface area contributed by atoms with Gasteiger partial charge in [0.15, 0.2) is 0 Å². The molecule has 11 heteroatoms. The van der Waals surface area contributed by atoms with Crippen LogP contribution in [-0.4, -0.2) is 67.2 Å². The van der Waals surface area contributed by atoms with Gasteiger partial charge in [-0.15, -0.1) is 11.3 Å². The molecule has 0 aliphatic carbocycles. The quantitative estimate of drug-likeness (QED) is 0.266. The summed E-state index contributed by atoms with van der Waals surface area (Å²) in [5.74, 6) is -0.0581. The Morgan fingerprint density at radius 2 is 1.85 bits per heavy atom. The Kier molecular flexibility index (Phi) is 8.04. The molecule has 3 aromatic heterocycles. The fourth-order valence-corrected chi connectivity index (χ4v) is 7.65. The molecule has 6 heterocycles. The minimum absolute atomic E-state index is 0.169. The van der Waals surface area contributed by atoms with Crippen molar-refractivity contribution in [3.8, 4) is 10.6 Å². The van der Waals surface area contributed by atoms with Gasteiger partial charge in [-0.1, -0.05) is 0 Å². The molecule has 2 amide bonds. The summed E-state index contributed by atoms with van der Waals surface area (Å²) in [6, 6.07) is 14.4. The Labute approximate surface area is 271 Å². The van der Waals surface area contributed by atoms with E-state index in [1.165, 1.54) is 11.3 Å². The van der Waals surface area contributed by atoms with Crippen molar-refractivity contribution in [1.82, 2.24) is 9.97 Å². The number of rotatable bonds is 6. The normalized spacial score (nSPS) is 16.6. The number of thiophene rings is 1. The number of hydrogen-bond donors (Lipinski definition) is 1. The maximum Gasteiger partial charge on any atom is 0.348 e. The molecule has 236 valence electrons. The number of aromatic nitrogens is 2. The Bertz CT molecular complexity index is 1810. The zero-order valence-electron chi connectivity index (χ0n) is 25.9. The lowest BCUT2D eigenvalue weighted by molar-refractivity contribution is -0.000512. The number of esters is 1. The van der Waals surface area contributed by atoms with E-state index >= 15 is 0 Å². The van der Waals surface area contributed by atoms with Crippen LogP contribution in [0.25, 0.3) is 10.6 Å². The molecule has 1 aromatic carbocycles. The van der Waals surface area contributed by atoms with Crippen molar-refractivity contribution in [2.45, 2.75) is 33.1 Å². The number of carbonyl (C=O) groups excluding carboxylic acids is 3. The Balaban J connectivity index is 1.07. The monoisotopic (exact) mass is 637 g/mol. The van der Waals surface area contributed by atoms with Crippen molar-refractivity contribution < 1.29 is 23.9 Å². The molecule has 0 unspecified atom stereocenters. The second-order valence-electron chi connectivity index (χ2n) is 12.1. The Morgan fingerprint density at radius 1 is 1.07 bits per heavy atom. The predicted molar refractivity (Wildman–Crippen MR) is 177 cm³/mol. The molecule has 7 rings (SSSR count). The number of benzene rings is 1. The van der Waals surface area contributed by atoms with E-state index in [1.54, 1.807) is 54.5 Å². The summed E-state index contributed by atoms with van der Waals surface area (Å²) in [5, 5.41) is 3.01. The van der Waals surface area contributed by atoms with E-state index < -0.39 is 0 Å². The first-order valence-electron chi connectivity index (χ1n) is 15.6. The van der Waals surface area contributed by atoms with Crippen molar-refractivity contribution >= 4 is 46.3 Å². The summed E-state index contributed by atoms with van der Waals surface area (Å²) < 4.78 is 10.8. The maximum absolute atomic E-state index is 13.8. The number of ether oxygens (including phenoxy) is 2. The number of carbonyl (C=O) groups is 3. The number of nitrogens with zero attached hydrogens (tertiary/aromatic N) is 4. The first kappa shape index (κ1) is 30.1. The van der Waals surface area contributed by atoms with Crippen molar-refractivity contribution in [2.75, 3.05) is 54.6 Å². The van der Waals surface area contributed by atoms with Gasteiger partial charge in [-0.25, -0.2) is 9.78 Å². The van der Waals surface area contributed by atoms with Gasteiger partial charge in [0.25, 0.3) is 11.8 Å². The number of fused-ring (bicyclic) bond motifs is 3. The average molecular weight is 638 g/mol. The smallest absolute Gasteiger partial charge is 0.348 e. The standard InChI is InChI=1S/C35H35N5O5S/c1-3-45-34(43)28-18-24-10-14-40(27-5-4-13-36-29(27)30(24)46-28)33(42)23-6-8-25(9-7-23)38-32(41)26-17-22(2)19-37-31(26)39-20-35(21-39)11-15-44-16-12-35/h4-9,13,17-19H,3,10-12,14-16,20-21H2,1-2H3,(H,38,41). The molecule has 10 nitrogen and oxygen atoms in total.